The first kappa shape index (κ1) is 27.5. The van der Waals surface area contributed by atoms with E-state index in [0.717, 1.165) is 27.8 Å². The number of thiophene rings is 1. The summed E-state index contributed by atoms with van der Waals surface area (Å²) in [7, 11) is 0. The molecule has 51 heavy (non-hydrogen) atoms. The number of hydrogen-bond donors (Lipinski definition) is 0. The first-order chi connectivity index (χ1) is 25.3. The van der Waals surface area contributed by atoms with E-state index < -0.39 is 5.41 Å². The van der Waals surface area contributed by atoms with Crippen LogP contribution in [-0.4, -0.2) is 14.6 Å². The van der Waals surface area contributed by atoms with Crippen LogP contribution in [0.5, 0.6) is 0 Å². The summed E-state index contributed by atoms with van der Waals surface area (Å²) in [5.74, 6) is 0.848. The maximum atomic E-state index is 4.81. The molecule has 3 heterocycles. The van der Waals surface area contributed by atoms with Crippen LogP contribution in [0.15, 0.2) is 164 Å². The van der Waals surface area contributed by atoms with Crippen LogP contribution in [0.3, 0.4) is 0 Å². The van der Waals surface area contributed by atoms with Gasteiger partial charge in [-0.15, -0.1) is 21.5 Å². The fourth-order valence-corrected chi connectivity index (χ4v) is 10.5. The first-order valence-electron chi connectivity index (χ1n) is 17.4. The van der Waals surface area contributed by atoms with Gasteiger partial charge >= 0.3 is 0 Å². The first-order valence-corrected chi connectivity index (χ1v) is 18.2. The van der Waals surface area contributed by atoms with Crippen molar-refractivity contribution in [1.82, 2.24) is 14.6 Å². The van der Waals surface area contributed by atoms with Crippen LogP contribution < -0.4 is 0 Å². The Labute approximate surface area is 297 Å². The van der Waals surface area contributed by atoms with Crippen LogP contribution >= 0.6 is 11.3 Å². The summed E-state index contributed by atoms with van der Waals surface area (Å²) in [6.45, 7) is 0. The second kappa shape index (κ2) is 9.87. The molecule has 236 valence electrons. The van der Waals surface area contributed by atoms with Crippen molar-refractivity contribution in [3.63, 3.8) is 0 Å². The number of fused-ring (bicyclic) bond motifs is 16. The van der Waals surface area contributed by atoms with Crippen molar-refractivity contribution in [3.8, 4) is 44.8 Å². The van der Waals surface area contributed by atoms with Crippen molar-refractivity contribution in [3.05, 3.63) is 186 Å². The Morgan fingerprint density at radius 3 is 1.86 bits per heavy atom. The number of rotatable bonds is 2. The molecule has 0 fully saturated rings. The van der Waals surface area contributed by atoms with Crippen molar-refractivity contribution in [2.45, 2.75) is 5.41 Å². The molecule has 10 aromatic rings. The lowest BCUT2D eigenvalue weighted by atomic mass is 9.70. The van der Waals surface area contributed by atoms with Gasteiger partial charge in [-0.2, -0.15) is 0 Å². The zero-order valence-electron chi connectivity index (χ0n) is 27.3. The lowest BCUT2D eigenvalue weighted by Crippen LogP contribution is -2.26. The largest absolute Gasteiger partial charge is 0.282 e. The van der Waals surface area contributed by atoms with Gasteiger partial charge in [0.1, 0.15) is 0 Å². The summed E-state index contributed by atoms with van der Waals surface area (Å²) >= 11 is 1.89. The fraction of sp³-hybridized carbons (Fsp3) is 0.0213. The Kier molecular flexibility index (Phi) is 5.32. The predicted octanol–water partition coefficient (Wildman–Crippen LogP) is 11.9. The van der Waals surface area contributed by atoms with Gasteiger partial charge in [0.05, 0.1) is 5.41 Å². The van der Waals surface area contributed by atoms with Crippen molar-refractivity contribution >= 4 is 47.9 Å². The summed E-state index contributed by atoms with van der Waals surface area (Å²) in [4.78, 5) is 0. The fourth-order valence-electron chi connectivity index (χ4n) is 9.23. The van der Waals surface area contributed by atoms with Gasteiger partial charge in [-0.25, -0.2) is 0 Å². The van der Waals surface area contributed by atoms with Gasteiger partial charge in [0.2, 0.25) is 0 Å². The second-order valence-corrected chi connectivity index (χ2v) is 14.8. The second-order valence-electron chi connectivity index (χ2n) is 13.8. The Balaban J connectivity index is 1.14. The molecule has 4 heteroatoms. The van der Waals surface area contributed by atoms with Crippen molar-refractivity contribution in [1.29, 1.82) is 0 Å². The van der Waals surface area contributed by atoms with E-state index in [9.17, 15) is 0 Å². The van der Waals surface area contributed by atoms with E-state index in [1.54, 1.807) is 0 Å². The Morgan fingerprint density at radius 1 is 0.451 bits per heavy atom. The van der Waals surface area contributed by atoms with E-state index >= 15 is 0 Å². The topological polar surface area (TPSA) is 30.2 Å². The van der Waals surface area contributed by atoms with E-state index in [1.807, 2.05) is 11.3 Å². The van der Waals surface area contributed by atoms with E-state index in [4.69, 9.17) is 10.2 Å². The summed E-state index contributed by atoms with van der Waals surface area (Å²) in [6.07, 6.45) is 2.10. The van der Waals surface area contributed by atoms with Crippen LogP contribution in [0.4, 0.5) is 0 Å². The highest BCUT2D eigenvalue weighted by molar-refractivity contribution is 7.26. The van der Waals surface area contributed by atoms with Crippen LogP contribution in [0.25, 0.3) is 81.4 Å². The molecule has 3 nitrogen and oxygen atoms in total. The van der Waals surface area contributed by atoms with Crippen LogP contribution in [-0.2, 0) is 5.41 Å². The number of aromatic nitrogens is 3. The third kappa shape index (κ3) is 3.47. The van der Waals surface area contributed by atoms with Crippen molar-refractivity contribution < 1.29 is 0 Å². The minimum Gasteiger partial charge on any atom is -0.282 e. The van der Waals surface area contributed by atoms with Crippen LogP contribution in [0, 0.1) is 0 Å². The molecule has 0 N–H and O–H groups in total. The molecule has 0 saturated heterocycles. The molecule has 2 aliphatic rings. The average molecular weight is 666 g/mol. The van der Waals surface area contributed by atoms with Gasteiger partial charge in [0, 0.05) is 37.3 Å². The highest BCUT2D eigenvalue weighted by Gasteiger charge is 2.51. The zero-order valence-corrected chi connectivity index (χ0v) is 28.2. The molecule has 12 rings (SSSR count). The van der Waals surface area contributed by atoms with E-state index in [2.05, 4.69) is 168 Å². The molecule has 0 bridgehead atoms. The lowest BCUT2D eigenvalue weighted by Gasteiger charge is -2.31. The molecule has 1 spiro atoms. The third-order valence-electron chi connectivity index (χ3n) is 11.4. The summed E-state index contributed by atoms with van der Waals surface area (Å²) in [6, 6.07) is 58.3. The number of nitrogens with zero attached hydrogens (tertiary/aromatic N) is 3. The summed E-state index contributed by atoms with van der Waals surface area (Å²) in [5.41, 5.74) is 14.4. The van der Waals surface area contributed by atoms with Crippen LogP contribution in [0.2, 0.25) is 0 Å². The lowest BCUT2D eigenvalue weighted by molar-refractivity contribution is 0.794. The molecular formula is C47H27N3S. The molecule has 0 amide bonds. The molecule has 0 unspecified atom stereocenters. The molecule has 2 aliphatic carbocycles. The van der Waals surface area contributed by atoms with Gasteiger partial charge in [-0.3, -0.25) is 4.40 Å². The summed E-state index contributed by atoms with van der Waals surface area (Å²) < 4.78 is 4.80. The number of benzene rings is 7. The maximum absolute atomic E-state index is 4.81. The minimum atomic E-state index is -0.481. The Hall–Kier alpha value is -6.36. The molecule has 7 aromatic carbocycles. The number of pyridine rings is 1. The molecule has 0 aliphatic heterocycles. The zero-order chi connectivity index (χ0) is 33.3. The molecule has 0 atom stereocenters. The quantitative estimate of drug-likeness (QED) is 0.184. The Morgan fingerprint density at radius 2 is 1.06 bits per heavy atom. The van der Waals surface area contributed by atoms with Crippen molar-refractivity contribution in [2.24, 2.45) is 0 Å². The standard InChI is InChI=1S/C47H27N3S/c1-2-11-32-28(10-1)24-25-50-45(48-49-46(32)50)30-21-23-36-35-22-20-29(31-15-9-16-38-37-14-5-8-19-43(37)51-44(31)38)26-41(35)47(42(36)27-30)39-17-6-3-12-33(39)34-13-4-7-18-40(34)47/h1-27H. The smallest absolute Gasteiger partial charge is 0.168 e. The maximum Gasteiger partial charge on any atom is 0.168 e. The molecular weight excluding hydrogens is 639 g/mol. The van der Waals surface area contributed by atoms with Gasteiger partial charge in [-0.05, 0) is 85.3 Å². The third-order valence-corrected chi connectivity index (χ3v) is 12.6. The van der Waals surface area contributed by atoms with Gasteiger partial charge in [0.25, 0.3) is 0 Å². The number of hydrogen-bond acceptors (Lipinski definition) is 3. The van der Waals surface area contributed by atoms with Gasteiger partial charge in [0.15, 0.2) is 11.5 Å². The molecule has 0 saturated carbocycles. The SMILES string of the molecule is c1ccc2c(c1)-c1ccccc1C21c2cc(-c3cccc4c3sc3ccccc34)ccc2-c2ccc(-c3nnc4c5ccccc5ccn34)cc21. The van der Waals surface area contributed by atoms with E-state index in [1.165, 1.54) is 75.8 Å². The van der Waals surface area contributed by atoms with Crippen molar-refractivity contribution in [2.75, 3.05) is 0 Å². The summed E-state index contributed by atoms with van der Waals surface area (Å²) in [5, 5.41) is 14.4. The van der Waals surface area contributed by atoms with E-state index in [-0.39, 0.29) is 0 Å². The minimum absolute atomic E-state index is 0.481. The van der Waals surface area contributed by atoms with Crippen LogP contribution in [0.1, 0.15) is 22.3 Å². The normalized spacial score (nSPS) is 13.6. The van der Waals surface area contributed by atoms with E-state index in [0.29, 0.717) is 0 Å². The molecule has 0 radical (unpaired) electrons. The predicted molar refractivity (Wildman–Crippen MR) is 211 cm³/mol. The Bertz CT molecular complexity index is 3060. The van der Waals surface area contributed by atoms with Gasteiger partial charge < -0.3 is 0 Å². The molecule has 3 aromatic heterocycles. The highest BCUT2D eigenvalue weighted by atomic mass is 32.1. The monoisotopic (exact) mass is 665 g/mol. The van der Waals surface area contributed by atoms with Gasteiger partial charge in [-0.1, -0.05) is 133 Å². The average Bonchev–Trinajstić information content (AvgIpc) is 3.94. The highest BCUT2D eigenvalue weighted by Crippen LogP contribution is 2.63.